The molecule has 5 nitrogen and oxygen atoms in total. The minimum Gasteiger partial charge on any atom is -0.349 e. The Hall–Kier alpha value is -2.39. The van der Waals surface area contributed by atoms with E-state index in [1.807, 2.05) is 38.0 Å². The normalized spacial score (nSPS) is 11.3. The van der Waals surface area contributed by atoms with Gasteiger partial charge in [0.25, 0.3) is 0 Å². The standard InChI is InChI=1S/C24H36N5P/c1-8-18-13-10-12-17(3)21(18)25-23(27-24(28(4)5)29(6)7)26-22-19(9-2)14-11-15-20(22)16-30/h10-15H,8-9,16,30H2,1-7H3,(H,25,26). The van der Waals surface area contributed by atoms with Crippen LogP contribution in [0.2, 0.25) is 0 Å². The van der Waals surface area contributed by atoms with Gasteiger partial charge in [0.1, 0.15) is 0 Å². The van der Waals surface area contributed by atoms with Crippen LogP contribution in [0.4, 0.5) is 11.4 Å². The molecule has 0 spiro atoms. The zero-order valence-electron chi connectivity index (χ0n) is 19.5. The molecular formula is C24H36N5P. The Labute approximate surface area is 184 Å². The first-order valence-corrected chi connectivity index (χ1v) is 11.3. The van der Waals surface area contributed by atoms with Crippen LogP contribution in [0.25, 0.3) is 0 Å². The summed E-state index contributed by atoms with van der Waals surface area (Å²) in [6.45, 7) is 6.44. The van der Waals surface area contributed by atoms with Gasteiger partial charge in [0, 0.05) is 33.9 Å². The number of rotatable bonds is 5. The van der Waals surface area contributed by atoms with Crippen LogP contribution >= 0.6 is 9.24 Å². The van der Waals surface area contributed by atoms with Crippen LogP contribution in [-0.2, 0) is 19.0 Å². The summed E-state index contributed by atoms with van der Waals surface area (Å²) in [7, 11) is 10.8. The number of benzene rings is 2. The second kappa shape index (κ2) is 11.1. The molecule has 6 heteroatoms. The molecule has 0 aromatic heterocycles. The van der Waals surface area contributed by atoms with Gasteiger partial charge < -0.3 is 15.1 Å². The van der Waals surface area contributed by atoms with Crippen molar-refractivity contribution in [3.05, 3.63) is 58.7 Å². The topological polar surface area (TPSA) is 43.2 Å². The van der Waals surface area contributed by atoms with E-state index >= 15 is 0 Å². The van der Waals surface area contributed by atoms with Crippen LogP contribution in [0, 0.1) is 6.92 Å². The summed E-state index contributed by atoms with van der Waals surface area (Å²) in [6.07, 6.45) is 2.73. The number of para-hydroxylation sites is 2. The van der Waals surface area contributed by atoms with Gasteiger partial charge in [-0.2, -0.15) is 4.99 Å². The van der Waals surface area contributed by atoms with E-state index < -0.39 is 0 Å². The van der Waals surface area contributed by atoms with Crippen molar-refractivity contribution in [1.29, 1.82) is 0 Å². The second-order valence-corrected chi connectivity index (χ2v) is 8.11. The Morgan fingerprint density at radius 1 is 0.900 bits per heavy atom. The molecule has 0 aliphatic rings. The van der Waals surface area contributed by atoms with Gasteiger partial charge in [-0.05, 0) is 48.2 Å². The average Bonchev–Trinajstić information content (AvgIpc) is 2.72. The van der Waals surface area contributed by atoms with Crippen LogP contribution < -0.4 is 5.32 Å². The molecular weight excluding hydrogens is 389 g/mol. The smallest absolute Gasteiger partial charge is 0.231 e. The minimum atomic E-state index is 0.594. The van der Waals surface area contributed by atoms with Crippen molar-refractivity contribution >= 4 is 32.5 Å². The minimum absolute atomic E-state index is 0.594. The Balaban J connectivity index is 2.69. The van der Waals surface area contributed by atoms with E-state index in [0.717, 1.165) is 41.9 Å². The van der Waals surface area contributed by atoms with Gasteiger partial charge in [-0.25, -0.2) is 4.99 Å². The van der Waals surface area contributed by atoms with E-state index in [0.29, 0.717) is 5.96 Å². The number of guanidine groups is 2. The highest BCUT2D eigenvalue weighted by molar-refractivity contribution is 7.15. The van der Waals surface area contributed by atoms with Crippen LogP contribution in [0.1, 0.15) is 36.1 Å². The van der Waals surface area contributed by atoms with E-state index in [9.17, 15) is 0 Å². The summed E-state index contributed by atoms with van der Waals surface area (Å²) in [5, 5.41) is 3.58. The zero-order valence-corrected chi connectivity index (χ0v) is 20.6. The molecule has 0 bridgehead atoms. The van der Waals surface area contributed by atoms with Crippen LogP contribution in [-0.4, -0.2) is 49.9 Å². The number of nitrogens with one attached hydrogen (secondary N) is 1. The van der Waals surface area contributed by atoms with Crippen molar-refractivity contribution in [3.8, 4) is 0 Å². The highest BCUT2D eigenvalue weighted by Crippen LogP contribution is 2.27. The molecule has 0 fully saturated rings. The molecule has 0 aliphatic heterocycles. The molecule has 2 rings (SSSR count). The third kappa shape index (κ3) is 5.82. The number of aliphatic imine (C=N–C) groups is 2. The van der Waals surface area contributed by atoms with Crippen molar-refractivity contribution in [1.82, 2.24) is 9.80 Å². The molecule has 0 heterocycles. The fraction of sp³-hybridized carbons (Fsp3) is 0.417. The van der Waals surface area contributed by atoms with Crippen LogP contribution in [0.5, 0.6) is 0 Å². The molecule has 162 valence electrons. The lowest BCUT2D eigenvalue weighted by atomic mass is 10.1. The quantitative estimate of drug-likeness (QED) is 0.413. The summed E-state index contributed by atoms with van der Waals surface area (Å²) in [4.78, 5) is 14.0. The Morgan fingerprint density at radius 3 is 2.03 bits per heavy atom. The summed E-state index contributed by atoms with van der Waals surface area (Å²) in [6, 6.07) is 12.8. The number of aryl methyl sites for hydroxylation is 3. The molecule has 0 saturated carbocycles. The third-order valence-corrected chi connectivity index (χ3v) is 5.44. The van der Waals surface area contributed by atoms with Crippen molar-refractivity contribution in [2.75, 3.05) is 33.5 Å². The Morgan fingerprint density at radius 2 is 1.47 bits per heavy atom. The highest BCUT2D eigenvalue weighted by Gasteiger charge is 2.13. The summed E-state index contributed by atoms with van der Waals surface area (Å²) >= 11 is 0. The lowest BCUT2D eigenvalue weighted by Gasteiger charge is -2.23. The number of hydrogen-bond donors (Lipinski definition) is 1. The molecule has 1 atom stereocenters. The SMILES string of the molecule is CCc1cccc(C)c1N=C(N=C(N(C)C)N(C)C)Nc1c(CC)cccc1CP. The molecule has 0 saturated heterocycles. The predicted octanol–water partition coefficient (Wildman–Crippen LogP) is 5.07. The number of anilines is 1. The highest BCUT2D eigenvalue weighted by atomic mass is 31.0. The monoisotopic (exact) mass is 425 g/mol. The molecule has 2 aromatic rings. The number of hydrogen-bond acceptors (Lipinski definition) is 1. The van der Waals surface area contributed by atoms with E-state index in [-0.39, 0.29) is 0 Å². The first kappa shape index (κ1) is 23.9. The molecule has 1 N–H and O–H groups in total. The van der Waals surface area contributed by atoms with Crippen LogP contribution in [0.15, 0.2) is 46.4 Å². The Kier molecular flexibility index (Phi) is 8.86. The van der Waals surface area contributed by atoms with E-state index in [1.165, 1.54) is 16.7 Å². The van der Waals surface area contributed by atoms with Gasteiger partial charge in [0.15, 0.2) is 0 Å². The Bertz CT molecular complexity index is 884. The molecule has 0 radical (unpaired) electrons. The van der Waals surface area contributed by atoms with Crippen LogP contribution in [0.3, 0.4) is 0 Å². The molecule has 0 amide bonds. The summed E-state index contributed by atoms with van der Waals surface area (Å²) < 4.78 is 0. The largest absolute Gasteiger partial charge is 0.349 e. The predicted molar refractivity (Wildman–Crippen MR) is 135 cm³/mol. The van der Waals surface area contributed by atoms with Crippen molar-refractivity contribution in [2.24, 2.45) is 9.98 Å². The van der Waals surface area contributed by atoms with Gasteiger partial charge in [-0.3, -0.25) is 0 Å². The van der Waals surface area contributed by atoms with E-state index in [4.69, 9.17) is 9.98 Å². The average molecular weight is 426 g/mol. The molecule has 1 unspecified atom stereocenters. The van der Waals surface area contributed by atoms with Crippen molar-refractivity contribution in [2.45, 2.75) is 39.8 Å². The molecule has 2 aromatic carbocycles. The van der Waals surface area contributed by atoms with Gasteiger partial charge >= 0.3 is 0 Å². The second-order valence-electron chi connectivity index (χ2n) is 7.71. The van der Waals surface area contributed by atoms with Gasteiger partial charge in [-0.15, -0.1) is 9.24 Å². The maximum Gasteiger partial charge on any atom is 0.231 e. The zero-order chi connectivity index (χ0) is 22.3. The molecule has 30 heavy (non-hydrogen) atoms. The molecule has 0 aliphatic carbocycles. The lowest BCUT2D eigenvalue weighted by molar-refractivity contribution is 0.485. The number of nitrogens with zero attached hydrogens (tertiary/aromatic N) is 4. The summed E-state index contributed by atoms with van der Waals surface area (Å²) in [5.74, 6) is 1.42. The van der Waals surface area contributed by atoms with Gasteiger partial charge in [0.2, 0.25) is 11.9 Å². The fourth-order valence-corrected chi connectivity index (χ4v) is 3.78. The fourth-order valence-electron chi connectivity index (χ4n) is 3.44. The maximum absolute atomic E-state index is 5.04. The van der Waals surface area contributed by atoms with Gasteiger partial charge in [0.05, 0.1) is 5.69 Å². The van der Waals surface area contributed by atoms with E-state index in [1.54, 1.807) is 0 Å². The first-order chi connectivity index (χ1) is 14.3. The first-order valence-electron chi connectivity index (χ1n) is 10.5. The lowest BCUT2D eigenvalue weighted by Crippen LogP contribution is -2.36. The van der Waals surface area contributed by atoms with Crippen molar-refractivity contribution in [3.63, 3.8) is 0 Å². The van der Waals surface area contributed by atoms with E-state index in [2.05, 4.69) is 71.7 Å². The maximum atomic E-state index is 5.04. The van der Waals surface area contributed by atoms with Crippen molar-refractivity contribution < 1.29 is 0 Å². The third-order valence-electron chi connectivity index (χ3n) is 5.00. The summed E-state index contributed by atoms with van der Waals surface area (Å²) in [5.41, 5.74) is 6.95. The van der Waals surface area contributed by atoms with Gasteiger partial charge in [-0.1, -0.05) is 50.2 Å².